The van der Waals surface area contributed by atoms with E-state index in [-0.39, 0.29) is 5.28 Å². The second kappa shape index (κ2) is 7.50. The summed E-state index contributed by atoms with van der Waals surface area (Å²) < 4.78 is 5.51. The molecule has 0 bridgehead atoms. The van der Waals surface area contributed by atoms with Crippen LogP contribution < -0.4 is 15.0 Å². The first-order valence-corrected chi connectivity index (χ1v) is 11.1. The molecule has 1 aliphatic rings. The monoisotopic (exact) mass is 401 g/mol. The average molecular weight is 402 g/mol. The molecule has 1 fully saturated rings. The minimum atomic E-state index is -1.71. The van der Waals surface area contributed by atoms with Gasteiger partial charge in [0.05, 0.1) is 19.0 Å². The van der Waals surface area contributed by atoms with Crippen LogP contribution in [-0.2, 0) is 0 Å². The summed E-state index contributed by atoms with van der Waals surface area (Å²) in [6.07, 6.45) is 3.15. The highest BCUT2D eigenvalue weighted by molar-refractivity contribution is 7.69. The lowest BCUT2D eigenvalue weighted by molar-refractivity contribution is 0.417. The number of methoxy groups -OCH3 is 1. The summed E-state index contributed by atoms with van der Waals surface area (Å²) in [4.78, 5) is 20.4. The summed E-state index contributed by atoms with van der Waals surface area (Å²) in [6, 6.07) is 5.90. The average Bonchev–Trinajstić information content (AvgIpc) is 2.58. The Labute approximate surface area is 157 Å². The van der Waals surface area contributed by atoms with E-state index in [2.05, 4.69) is 20.2 Å². The van der Waals surface area contributed by atoms with E-state index in [1.165, 1.54) is 6.20 Å². The largest absolute Gasteiger partial charge is 0.494 e. The molecule has 0 amide bonds. The normalized spacial score (nSPS) is 16.6. The minimum Gasteiger partial charge on any atom is -0.494 e. The van der Waals surface area contributed by atoms with Gasteiger partial charge in [-0.25, -0.2) is 4.98 Å². The van der Waals surface area contributed by atoms with Crippen LogP contribution in [0.25, 0.3) is 0 Å². The Morgan fingerprint density at radius 3 is 2.68 bits per heavy atom. The van der Waals surface area contributed by atoms with Crippen molar-refractivity contribution < 1.29 is 9.63 Å². The molecule has 0 unspecified atom stereocenters. The summed E-state index contributed by atoms with van der Waals surface area (Å²) in [6.45, 7) is 3.70. The van der Waals surface area contributed by atoms with Gasteiger partial charge < -0.3 is 19.8 Å². The Morgan fingerprint density at radius 2 is 2.00 bits per heavy atom. The molecule has 2 aromatic rings. The van der Waals surface area contributed by atoms with E-state index >= 15 is 0 Å². The number of ether oxygens (including phenoxy) is 1. The molecule has 0 atom stereocenters. The lowest BCUT2D eigenvalue weighted by Gasteiger charge is -2.38. The van der Waals surface area contributed by atoms with Gasteiger partial charge in [0, 0.05) is 37.2 Å². The second-order valence-electron chi connectivity index (χ2n) is 6.12. The number of anilines is 3. The lowest BCUT2D eigenvalue weighted by Crippen LogP contribution is -2.36. The maximum atomic E-state index is 10.2. The molecule has 1 radical (unpaired) electrons. The van der Waals surface area contributed by atoms with Crippen LogP contribution in [-0.4, -0.2) is 54.0 Å². The molecule has 2 heterocycles. The zero-order chi connectivity index (χ0) is 18.0. The summed E-state index contributed by atoms with van der Waals surface area (Å²) in [5.41, 5.74) is 1.80. The predicted molar refractivity (Wildman–Crippen MR) is 105 cm³/mol. The standard InChI is InChI=1S/C16H20Cl2N4O2P/c1-24-14-9-11(22-5-7-25(2,23)8-6-22)3-4-13(14)20-15-12(17)10-19-16(18)21-15/h3-4,9-10,23H,5-8H2,1-2H3,(H,19,20,21). The molecule has 135 valence electrons. The van der Waals surface area contributed by atoms with Gasteiger partial charge in [0.1, 0.15) is 10.8 Å². The van der Waals surface area contributed by atoms with Crippen molar-refractivity contribution in [3.8, 4) is 5.75 Å². The number of aromatic nitrogens is 2. The quantitative estimate of drug-likeness (QED) is 0.597. The van der Waals surface area contributed by atoms with Crippen LogP contribution in [0.1, 0.15) is 0 Å². The van der Waals surface area contributed by atoms with Crippen molar-refractivity contribution in [2.75, 3.05) is 49.4 Å². The Balaban J connectivity index is 1.81. The molecule has 2 N–H and O–H groups in total. The molecule has 25 heavy (non-hydrogen) atoms. The van der Waals surface area contributed by atoms with Crippen molar-refractivity contribution in [3.63, 3.8) is 0 Å². The molecule has 6 nitrogen and oxygen atoms in total. The van der Waals surface area contributed by atoms with Crippen molar-refractivity contribution in [2.24, 2.45) is 0 Å². The molecular weight excluding hydrogens is 382 g/mol. The SMILES string of the molecule is COc1cc(N2CC[P](C)(O)CC2)ccc1Nc1nc(Cl)ncc1Cl. The molecule has 1 saturated heterocycles. The number of hydrogen-bond acceptors (Lipinski definition) is 6. The zero-order valence-corrected chi connectivity index (χ0v) is 16.4. The maximum Gasteiger partial charge on any atom is 0.224 e. The number of rotatable bonds is 4. The van der Waals surface area contributed by atoms with Crippen LogP contribution in [0, 0.1) is 0 Å². The van der Waals surface area contributed by atoms with Crippen molar-refractivity contribution in [1.29, 1.82) is 0 Å². The van der Waals surface area contributed by atoms with Gasteiger partial charge in [-0.1, -0.05) is 11.6 Å². The maximum absolute atomic E-state index is 10.2. The van der Waals surface area contributed by atoms with Crippen molar-refractivity contribution in [1.82, 2.24) is 9.97 Å². The Morgan fingerprint density at radius 1 is 1.28 bits per heavy atom. The molecule has 3 rings (SSSR count). The highest BCUT2D eigenvalue weighted by Gasteiger charge is 2.26. The van der Waals surface area contributed by atoms with E-state index in [0.717, 1.165) is 36.8 Å². The van der Waals surface area contributed by atoms with E-state index in [0.29, 0.717) is 16.6 Å². The van der Waals surface area contributed by atoms with E-state index in [9.17, 15) is 4.89 Å². The van der Waals surface area contributed by atoms with E-state index in [1.807, 2.05) is 24.9 Å². The smallest absolute Gasteiger partial charge is 0.224 e. The first-order valence-electron chi connectivity index (χ1n) is 7.83. The van der Waals surface area contributed by atoms with Gasteiger partial charge in [-0.15, -0.1) is 0 Å². The molecule has 9 heteroatoms. The topological polar surface area (TPSA) is 70.5 Å². The van der Waals surface area contributed by atoms with Crippen LogP contribution in [0.5, 0.6) is 5.75 Å². The van der Waals surface area contributed by atoms with Crippen molar-refractivity contribution in [2.45, 2.75) is 0 Å². The van der Waals surface area contributed by atoms with E-state index in [1.54, 1.807) is 7.11 Å². The molecule has 0 aliphatic carbocycles. The highest BCUT2D eigenvalue weighted by Crippen LogP contribution is 2.52. The third kappa shape index (κ3) is 4.45. The molecule has 0 saturated carbocycles. The Kier molecular flexibility index (Phi) is 5.54. The van der Waals surface area contributed by atoms with Crippen LogP contribution in [0.2, 0.25) is 10.3 Å². The Hall–Kier alpha value is -1.33. The minimum absolute atomic E-state index is 0.117. The number of benzene rings is 1. The van der Waals surface area contributed by atoms with Gasteiger partial charge in [0.15, 0.2) is 5.82 Å². The fraction of sp³-hybridized carbons (Fsp3) is 0.375. The third-order valence-corrected chi connectivity index (χ3v) is 7.01. The van der Waals surface area contributed by atoms with Crippen molar-refractivity contribution >= 4 is 47.9 Å². The summed E-state index contributed by atoms with van der Waals surface area (Å²) in [5, 5.41) is 3.62. The van der Waals surface area contributed by atoms with Gasteiger partial charge >= 0.3 is 0 Å². The van der Waals surface area contributed by atoms with Gasteiger partial charge in [0.25, 0.3) is 0 Å². The van der Waals surface area contributed by atoms with E-state index < -0.39 is 7.49 Å². The zero-order valence-electron chi connectivity index (χ0n) is 14.0. The fourth-order valence-electron chi connectivity index (χ4n) is 2.69. The molecular formula is C16H20Cl2N4O2P. The fourth-order valence-corrected chi connectivity index (χ4v) is 4.53. The third-order valence-electron chi connectivity index (χ3n) is 4.22. The van der Waals surface area contributed by atoms with Gasteiger partial charge in [0.2, 0.25) is 5.28 Å². The molecule has 0 spiro atoms. The van der Waals surface area contributed by atoms with Gasteiger partial charge in [-0.05, 0) is 37.9 Å². The Bertz CT molecular complexity index is 766. The van der Waals surface area contributed by atoms with Crippen LogP contribution in [0.15, 0.2) is 24.4 Å². The molecule has 1 aromatic heterocycles. The summed E-state index contributed by atoms with van der Waals surface area (Å²) in [5.74, 6) is 1.10. The van der Waals surface area contributed by atoms with Crippen molar-refractivity contribution in [3.05, 3.63) is 34.7 Å². The van der Waals surface area contributed by atoms with Gasteiger partial charge in [-0.2, -0.15) is 4.98 Å². The number of halogens is 2. The highest BCUT2D eigenvalue weighted by atomic mass is 35.5. The summed E-state index contributed by atoms with van der Waals surface area (Å²) >= 11 is 11.9. The van der Waals surface area contributed by atoms with Crippen LogP contribution >= 0.6 is 30.7 Å². The summed E-state index contributed by atoms with van der Waals surface area (Å²) in [7, 11) is -0.0890. The second-order valence-corrected chi connectivity index (χ2v) is 10.4. The first kappa shape index (κ1) is 18.5. The number of hydrogen-bond donors (Lipinski definition) is 2. The van der Waals surface area contributed by atoms with Crippen LogP contribution in [0.4, 0.5) is 17.2 Å². The number of nitrogens with one attached hydrogen (secondary N) is 1. The van der Waals surface area contributed by atoms with Crippen LogP contribution in [0.3, 0.4) is 0 Å². The lowest BCUT2D eigenvalue weighted by atomic mass is 10.2. The number of nitrogens with zero attached hydrogens (tertiary/aromatic N) is 3. The van der Waals surface area contributed by atoms with Gasteiger partial charge in [-0.3, -0.25) is 0 Å². The molecule has 1 aromatic carbocycles. The van der Waals surface area contributed by atoms with E-state index in [4.69, 9.17) is 27.9 Å². The predicted octanol–water partition coefficient (Wildman–Crippen LogP) is 3.91. The molecule has 1 aliphatic heterocycles. The first-order chi connectivity index (χ1) is 11.9.